The van der Waals surface area contributed by atoms with Crippen molar-refractivity contribution in [2.24, 2.45) is 0 Å². The summed E-state index contributed by atoms with van der Waals surface area (Å²) < 4.78 is 0. The van der Waals surface area contributed by atoms with Crippen LogP contribution in [0.1, 0.15) is 14.3 Å². The van der Waals surface area contributed by atoms with E-state index in [0.29, 0.717) is 0 Å². The number of carboxylic acid groups (broad SMARTS) is 3. The molecule has 0 spiro atoms. The third-order valence-corrected chi connectivity index (χ3v) is 1.29. The van der Waals surface area contributed by atoms with E-state index in [1.54, 1.807) is 0 Å². The Balaban J connectivity index is -0.0000000720. The smallest absolute Gasteiger partial charge is 1.00 e. The molecule has 0 aliphatic heterocycles. The van der Waals surface area contributed by atoms with Crippen molar-refractivity contribution in [3.05, 3.63) is 0 Å². The van der Waals surface area contributed by atoms with Gasteiger partial charge in [0.25, 0.3) is 0 Å². The topological polar surface area (TPSA) is 227 Å². The molecule has 0 heterocycles. The van der Waals surface area contributed by atoms with Gasteiger partial charge in [0.1, 0.15) is 0 Å². The molecule has 0 aromatic heterocycles. The average molecular weight is 286 g/mol. The first kappa shape index (κ1) is 30.2. The average Bonchev–Trinajstić information content (AvgIpc) is 1.82. The molecule has 0 aromatic carbocycles. The molecule has 0 aliphatic carbocycles. The van der Waals surface area contributed by atoms with Crippen LogP contribution in [-0.4, -0.2) is 60.4 Å². The maximum absolute atomic E-state index is 10.3. The van der Waals surface area contributed by atoms with E-state index in [0.717, 1.165) is 0 Å². The summed E-state index contributed by atoms with van der Waals surface area (Å²) in [6.07, 6.45) is -2.29. The molecule has 0 amide bonds. The molecule has 10 nitrogen and oxygen atoms in total. The summed E-state index contributed by atoms with van der Waals surface area (Å²) in [7, 11) is 0. The number of aliphatic hydroxyl groups is 1. The van der Waals surface area contributed by atoms with Gasteiger partial charge in [0.2, 0.25) is 0 Å². The van der Waals surface area contributed by atoms with Gasteiger partial charge < -0.3 is 38.3 Å². The fourth-order valence-corrected chi connectivity index (χ4v) is 0.714. The number of rotatable bonds is 5. The number of hydrogen-bond donors (Lipinski definition) is 4. The Morgan fingerprint density at radius 2 is 1.12 bits per heavy atom. The van der Waals surface area contributed by atoms with Crippen LogP contribution in [0, 0.1) is 0 Å². The van der Waals surface area contributed by atoms with Gasteiger partial charge in [-0.05, 0) is 0 Å². The Kier molecular flexibility index (Phi) is 21.9. The number of carboxylic acids is 3. The molecule has 0 aliphatic rings. The molecule has 0 atom stereocenters. The largest absolute Gasteiger partial charge is 1.00 e. The normalized spacial score (nSPS) is 8.29. The molecule has 100 valence electrons. The predicted molar refractivity (Wildman–Crippen MR) is 49.0 cm³/mol. The zero-order chi connectivity index (χ0) is 10.6. The molecule has 0 saturated heterocycles. The minimum Gasteiger partial charge on any atom is -1.00 e. The Morgan fingerprint density at radius 3 is 1.24 bits per heavy atom. The number of carbonyl (C=O) groups is 3. The number of hydrogen-bond acceptors (Lipinski definition) is 4. The Labute approximate surface area is 139 Å². The van der Waals surface area contributed by atoms with Crippen LogP contribution in [0.4, 0.5) is 0 Å². The van der Waals surface area contributed by atoms with Crippen molar-refractivity contribution in [3.8, 4) is 0 Å². The van der Waals surface area contributed by atoms with E-state index in [4.69, 9.17) is 20.4 Å². The van der Waals surface area contributed by atoms with Gasteiger partial charge in [0.15, 0.2) is 5.60 Å². The van der Waals surface area contributed by atoms with Crippen LogP contribution in [0.25, 0.3) is 0 Å². The fraction of sp³-hybridized carbons (Fsp3) is 0.500. The molecule has 11 heteroatoms. The number of aliphatic carboxylic acids is 3. The molecule has 0 aromatic rings. The van der Waals surface area contributed by atoms with Gasteiger partial charge in [-0.25, -0.2) is 4.79 Å². The summed E-state index contributed by atoms with van der Waals surface area (Å²) >= 11 is 0. The van der Waals surface area contributed by atoms with E-state index in [1.165, 1.54) is 0 Å². The van der Waals surface area contributed by atoms with Crippen LogP contribution < -0.4 is 51.4 Å². The summed E-state index contributed by atoms with van der Waals surface area (Å²) in [6, 6.07) is 0. The van der Waals surface area contributed by atoms with Crippen LogP contribution in [0.2, 0.25) is 0 Å². The van der Waals surface area contributed by atoms with Gasteiger partial charge in [-0.15, -0.1) is 0 Å². The molecule has 0 rings (SSSR count). The van der Waals surface area contributed by atoms with Crippen molar-refractivity contribution in [3.63, 3.8) is 0 Å². The van der Waals surface area contributed by atoms with Crippen LogP contribution in [0.5, 0.6) is 0 Å². The fourth-order valence-electron chi connectivity index (χ4n) is 0.714. The van der Waals surface area contributed by atoms with Crippen LogP contribution in [0.3, 0.4) is 0 Å². The van der Waals surface area contributed by atoms with Gasteiger partial charge in [0.05, 0.1) is 12.8 Å². The first-order valence-corrected chi connectivity index (χ1v) is 3.17. The minimum atomic E-state index is -2.74. The predicted octanol–water partition coefficient (Wildman–Crippen LogP) is -6.61. The van der Waals surface area contributed by atoms with Gasteiger partial charge in [0, 0.05) is 0 Å². The molecular formula is C6H15KO10. The minimum absolute atomic E-state index is 0. The van der Waals surface area contributed by atoms with Gasteiger partial charge in [-0.1, -0.05) is 0 Å². The van der Waals surface area contributed by atoms with E-state index in [9.17, 15) is 14.4 Å². The zero-order valence-electron chi connectivity index (χ0n) is 9.93. The second-order valence-electron chi connectivity index (χ2n) is 2.48. The summed E-state index contributed by atoms with van der Waals surface area (Å²) in [5.41, 5.74) is -2.74. The van der Waals surface area contributed by atoms with E-state index in [1.807, 2.05) is 0 Å². The first-order valence-electron chi connectivity index (χ1n) is 3.17. The monoisotopic (exact) mass is 286 g/mol. The zero-order valence-corrected chi connectivity index (χ0v) is 12.1. The second kappa shape index (κ2) is 12.3. The van der Waals surface area contributed by atoms with Crippen molar-refractivity contribution in [1.29, 1.82) is 0 Å². The molecule has 0 fully saturated rings. The molecule has 0 unspecified atom stereocenters. The van der Waals surface area contributed by atoms with Crippen LogP contribution in [0.15, 0.2) is 0 Å². The summed E-state index contributed by atoms with van der Waals surface area (Å²) in [5, 5.41) is 33.8. The molecular weight excluding hydrogens is 271 g/mol. The van der Waals surface area contributed by atoms with Crippen molar-refractivity contribution < 1.29 is 104 Å². The van der Waals surface area contributed by atoms with Crippen LogP contribution >= 0.6 is 0 Å². The standard InChI is InChI=1S/C6H8O7.K.3H2O.H/c7-3(8)1-6(13,5(11)12)2-4(9)10;;;;;/h13H,1-2H2,(H,7,8)(H,9,10)(H,11,12);;3*1H2;/q;+1;;;;-1. The van der Waals surface area contributed by atoms with E-state index in [2.05, 4.69) is 0 Å². The maximum Gasteiger partial charge on any atom is 1.00 e. The first-order chi connectivity index (χ1) is 5.78. The van der Waals surface area contributed by atoms with Crippen LogP contribution in [-0.2, 0) is 14.4 Å². The third-order valence-electron chi connectivity index (χ3n) is 1.29. The summed E-state index contributed by atoms with van der Waals surface area (Å²) in [5.74, 6) is -5.02. The van der Waals surface area contributed by atoms with E-state index < -0.39 is 36.4 Å². The van der Waals surface area contributed by atoms with Gasteiger partial charge >= 0.3 is 69.3 Å². The molecule has 17 heavy (non-hydrogen) atoms. The van der Waals surface area contributed by atoms with E-state index >= 15 is 0 Å². The molecule has 10 N–H and O–H groups in total. The molecule has 0 bridgehead atoms. The second-order valence-corrected chi connectivity index (χ2v) is 2.48. The Hall–Kier alpha value is -0.114. The molecule has 0 saturated carbocycles. The van der Waals surface area contributed by atoms with Crippen molar-refractivity contribution in [1.82, 2.24) is 0 Å². The van der Waals surface area contributed by atoms with E-state index in [-0.39, 0.29) is 69.2 Å². The van der Waals surface area contributed by atoms with Gasteiger partial charge in [-0.3, -0.25) is 9.59 Å². The quantitative estimate of drug-likeness (QED) is 0.356. The summed E-state index contributed by atoms with van der Waals surface area (Å²) in [4.78, 5) is 30.5. The molecule has 0 radical (unpaired) electrons. The van der Waals surface area contributed by atoms with Crippen molar-refractivity contribution in [2.75, 3.05) is 0 Å². The van der Waals surface area contributed by atoms with Crippen molar-refractivity contribution in [2.45, 2.75) is 18.4 Å². The van der Waals surface area contributed by atoms with Crippen molar-refractivity contribution >= 4 is 17.9 Å². The summed E-state index contributed by atoms with van der Waals surface area (Å²) in [6.45, 7) is 0. The Bertz CT molecular complexity index is 241. The maximum atomic E-state index is 10.3. The Morgan fingerprint density at radius 1 is 0.882 bits per heavy atom. The third kappa shape index (κ3) is 12.1. The van der Waals surface area contributed by atoms with Gasteiger partial charge in [-0.2, -0.15) is 0 Å². The SMILES string of the molecule is O.O.O.O=C(O)CC(O)(CC(=O)O)C(=O)O.[H-].[K+].